The van der Waals surface area contributed by atoms with Gasteiger partial charge in [-0.15, -0.1) is 0 Å². The zero-order valence-electron chi connectivity index (χ0n) is 24.6. The van der Waals surface area contributed by atoms with Gasteiger partial charge < -0.3 is 22.6 Å². The van der Waals surface area contributed by atoms with E-state index in [2.05, 4.69) is 65.6 Å². The second-order valence-corrected chi connectivity index (χ2v) is 11.8. The number of hydrogen-bond donors (Lipinski definition) is 0. The standard InChI is InChI=1S/C40H21N3O4/c1-2-8-22(9-3-1)43(23-14-16-27-31(18-23)46-39-35-25-10-4-6-12-29(25)44-33(35)20-41-37(27)39)24-15-17-28-32(19-24)47-40-36-26-11-5-7-13-30(26)45-34(36)21-42-38(28)40/h1-21H. The molecule has 7 heteroatoms. The van der Waals surface area contributed by atoms with Gasteiger partial charge in [0.15, 0.2) is 22.3 Å². The van der Waals surface area contributed by atoms with Crippen LogP contribution in [0, 0.1) is 0 Å². The highest BCUT2D eigenvalue weighted by atomic mass is 16.4. The fourth-order valence-electron chi connectivity index (χ4n) is 7.07. The van der Waals surface area contributed by atoms with Crippen molar-refractivity contribution in [2.24, 2.45) is 0 Å². The molecule has 0 spiro atoms. The van der Waals surface area contributed by atoms with Crippen LogP contribution in [0.3, 0.4) is 0 Å². The van der Waals surface area contributed by atoms with Crippen LogP contribution >= 0.6 is 0 Å². The molecule has 0 saturated heterocycles. The van der Waals surface area contributed by atoms with Crippen molar-refractivity contribution in [1.29, 1.82) is 0 Å². The monoisotopic (exact) mass is 607 g/mol. The maximum Gasteiger partial charge on any atom is 0.165 e. The second-order valence-electron chi connectivity index (χ2n) is 11.8. The SMILES string of the molecule is c1ccc(N(c2ccc3c(c2)oc2c3ncc3oc4ccccc4c32)c2ccc3c(c2)oc2c3ncc3oc4ccccc4c32)cc1. The number of pyridine rings is 2. The minimum atomic E-state index is 0.707. The predicted molar refractivity (Wildman–Crippen MR) is 186 cm³/mol. The Morgan fingerprint density at radius 3 is 1.40 bits per heavy atom. The molecule has 11 rings (SSSR count). The van der Waals surface area contributed by atoms with Gasteiger partial charge >= 0.3 is 0 Å². The molecule has 0 saturated carbocycles. The molecule has 0 N–H and O–H groups in total. The van der Waals surface area contributed by atoms with E-state index in [1.165, 1.54) is 0 Å². The van der Waals surface area contributed by atoms with Crippen molar-refractivity contribution in [2.75, 3.05) is 4.90 Å². The van der Waals surface area contributed by atoms with Crippen molar-refractivity contribution in [3.8, 4) is 0 Å². The maximum atomic E-state index is 6.59. The topological polar surface area (TPSA) is 81.6 Å². The van der Waals surface area contributed by atoms with E-state index >= 15 is 0 Å². The number of fused-ring (bicyclic) bond motifs is 14. The number of anilines is 3. The molecule has 6 aromatic heterocycles. The van der Waals surface area contributed by atoms with Gasteiger partial charge in [0, 0.05) is 50.7 Å². The summed E-state index contributed by atoms with van der Waals surface area (Å²) in [5, 5.41) is 5.78. The van der Waals surface area contributed by atoms with E-state index in [1.54, 1.807) is 12.4 Å². The Bertz CT molecular complexity index is 2850. The zero-order chi connectivity index (χ0) is 30.6. The molecule has 0 unspecified atom stereocenters. The molecule has 11 aromatic rings. The Labute approximate surface area is 264 Å². The lowest BCUT2D eigenvalue weighted by atomic mass is 10.1. The number of furan rings is 4. The summed E-state index contributed by atoms with van der Waals surface area (Å²) in [6.45, 7) is 0. The molecule has 0 fully saturated rings. The van der Waals surface area contributed by atoms with Crippen molar-refractivity contribution in [1.82, 2.24) is 9.97 Å². The van der Waals surface area contributed by atoms with Crippen molar-refractivity contribution in [3.05, 3.63) is 128 Å². The van der Waals surface area contributed by atoms with Gasteiger partial charge in [0.05, 0.1) is 23.2 Å². The highest BCUT2D eigenvalue weighted by molar-refractivity contribution is 6.22. The predicted octanol–water partition coefficient (Wildman–Crippen LogP) is 11.5. The molecule has 0 aliphatic heterocycles. The Hall–Kier alpha value is -6.60. The first kappa shape index (κ1) is 24.7. The number of aromatic nitrogens is 2. The van der Waals surface area contributed by atoms with Gasteiger partial charge in [0.1, 0.15) is 33.4 Å². The summed E-state index contributed by atoms with van der Waals surface area (Å²) in [5.41, 5.74) is 10.5. The molecule has 0 aliphatic carbocycles. The van der Waals surface area contributed by atoms with E-state index in [0.29, 0.717) is 11.2 Å². The Balaban J connectivity index is 1.12. The first-order valence-electron chi connectivity index (χ1n) is 15.4. The lowest BCUT2D eigenvalue weighted by Crippen LogP contribution is -2.09. The van der Waals surface area contributed by atoms with Gasteiger partial charge in [-0.25, -0.2) is 9.97 Å². The summed E-state index contributed by atoms with van der Waals surface area (Å²) in [4.78, 5) is 11.7. The highest BCUT2D eigenvalue weighted by Gasteiger charge is 2.22. The number of nitrogens with zero attached hydrogens (tertiary/aromatic N) is 3. The van der Waals surface area contributed by atoms with Crippen LogP contribution in [0.25, 0.3) is 88.0 Å². The summed E-state index contributed by atoms with van der Waals surface area (Å²) in [7, 11) is 0. The van der Waals surface area contributed by atoms with Gasteiger partial charge in [0.2, 0.25) is 0 Å². The normalized spacial score (nSPS) is 12.3. The van der Waals surface area contributed by atoms with Crippen LogP contribution in [0.15, 0.2) is 145 Å². The van der Waals surface area contributed by atoms with Crippen LogP contribution in [0.1, 0.15) is 0 Å². The lowest BCUT2D eigenvalue weighted by molar-refractivity contribution is 0.660. The van der Waals surface area contributed by atoms with Crippen LogP contribution in [0.2, 0.25) is 0 Å². The third-order valence-corrected chi connectivity index (χ3v) is 9.15. The minimum Gasteiger partial charge on any atom is -0.454 e. The maximum absolute atomic E-state index is 6.59. The van der Waals surface area contributed by atoms with Gasteiger partial charge in [0.25, 0.3) is 0 Å². The van der Waals surface area contributed by atoms with E-state index in [0.717, 1.165) is 93.9 Å². The number of rotatable bonds is 3. The largest absolute Gasteiger partial charge is 0.454 e. The number of benzene rings is 5. The van der Waals surface area contributed by atoms with Crippen LogP contribution < -0.4 is 4.90 Å². The van der Waals surface area contributed by atoms with Crippen LogP contribution in [0.4, 0.5) is 17.1 Å². The second kappa shape index (κ2) is 8.99. The van der Waals surface area contributed by atoms with Crippen LogP contribution in [-0.2, 0) is 0 Å². The third-order valence-electron chi connectivity index (χ3n) is 9.15. The molecule has 47 heavy (non-hydrogen) atoms. The van der Waals surface area contributed by atoms with Gasteiger partial charge in [-0.3, -0.25) is 0 Å². The van der Waals surface area contributed by atoms with Gasteiger partial charge in [-0.1, -0.05) is 54.6 Å². The Kier molecular flexibility index (Phi) is 4.72. The molecule has 0 aliphatic rings. The molecular formula is C40H21N3O4. The minimum absolute atomic E-state index is 0.707. The molecule has 7 nitrogen and oxygen atoms in total. The van der Waals surface area contributed by atoms with Crippen molar-refractivity contribution < 1.29 is 17.7 Å². The first-order chi connectivity index (χ1) is 23.3. The van der Waals surface area contributed by atoms with E-state index in [-0.39, 0.29) is 0 Å². The van der Waals surface area contributed by atoms with Crippen molar-refractivity contribution >= 4 is 105 Å². The zero-order valence-corrected chi connectivity index (χ0v) is 24.6. The molecule has 5 aromatic carbocycles. The summed E-state index contributed by atoms with van der Waals surface area (Å²) >= 11 is 0. The highest BCUT2D eigenvalue weighted by Crippen LogP contribution is 2.43. The van der Waals surface area contributed by atoms with E-state index in [4.69, 9.17) is 27.6 Å². The molecule has 6 heterocycles. The quantitative estimate of drug-likeness (QED) is 0.198. The van der Waals surface area contributed by atoms with E-state index in [9.17, 15) is 0 Å². The molecule has 0 atom stereocenters. The molecule has 0 bridgehead atoms. The van der Waals surface area contributed by atoms with Crippen LogP contribution in [-0.4, -0.2) is 9.97 Å². The molecule has 0 radical (unpaired) electrons. The molecule has 220 valence electrons. The Morgan fingerprint density at radius 2 is 0.872 bits per heavy atom. The van der Waals surface area contributed by atoms with Crippen molar-refractivity contribution in [3.63, 3.8) is 0 Å². The fraction of sp³-hybridized carbons (Fsp3) is 0. The molecular weight excluding hydrogens is 586 g/mol. The van der Waals surface area contributed by atoms with Gasteiger partial charge in [-0.05, 0) is 48.5 Å². The summed E-state index contributed by atoms with van der Waals surface area (Å²) in [6.07, 6.45) is 3.57. The number of hydrogen-bond acceptors (Lipinski definition) is 7. The summed E-state index contributed by atoms with van der Waals surface area (Å²) in [5.74, 6) is 0. The third kappa shape index (κ3) is 3.40. The van der Waals surface area contributed by atoms with E-state index < -0.39 is 0 Å². The average Bonchev–Trinajstić information content (AvgIpc) is 3.87. The van der Waals surface area contributed by atoms with Crippen LogP contribution in [0.5, 0.6) is 0 Å². The fourth-order valence-corrected chi connectivity index (χ4v) is 7.07. The number of para-hydroxylation sites is 3. The Morgan fingerprint density at radius 1 is 0.383 bits per heavy atom. The summed E-state index contributed by atoms with van der Waals surface area (Å²) < 4.78 is 25.3. The first-order valence-corrected chi connectivity index (χ1v) is 15.4. The summed E-state index contributed by atoms with van der Waals surface area (Å²) in [6, 6.07) is 38.8. The lowest BCUT2D eigenvalue weighted by Gasteiger charge is -2.25. The van der Waals surface area contributed by atoms with E-state index in [1.807, 2.05) is 54.6 Å². The molecule has 0 amide bonds. The van der Waals surface area contributed by atoms with Crippen molar-refractivity contribution in [2.45, 2.75) is 0 Å². The average molecular weight is 608 g/mol. The van der Waals surface area contributed by atoms with Gasteiger partial charge in [-0.2, -0.15) is 0 Å². The smallest absolute Gasteiger partial charge is 0.165 e.